The quantitative estimate of drug-likeness (QED) is 0.361. The van der Waals surface area contributed by atoms with Gasteiger partial charge in [-0.25, -0.2) is 8.42 Å². The molecular weight excluding hydrogens is 462 g/mol. The molecule has 8 heteroatoms. The Morgan fingerprint density at radius 2 is 1.40 bits per heavy atom. The predicted octanol–water partition coefficient (Wildman–Crippen LogP) is 2.80. The number of carbonyl (C=O) groups is 2. The fourth-order valence-corrected chi connectivity index (χ4v) is 6.00. The van der Waals surface area contributed by atoms with Crippen LogP contribution in [0.15, 0.2) is 65.2 Å². The summed E-state index contributed by atoms with van der Waals surface area (Å²) in [7, 11) is -3.47. The fourth-order valence-electron chi connectivity index (χ4n) is 4.58. The number of allylic oxidation sites excluding steroid dienone is 1. The van der Waals surface area contributed by atoms with Crippen LogP contribution in [0.25, 0.3) is 0 Å². The highest BCUT2D eigenvalue weighted by Gasteiger charge is 2.31. The smallest absolute Gasteiger partial charge is 0.243 e. The molecule has 0 aromatic heterocycles. The van der Waals surface area contributed by atoms with Crippen LogP contribution in [0.5, 0.6) is 0 Å². The average Bonchev–Trinajstić information content (AvgIpc) is 2.84. The normalized spacial score (nSPS) is 20.2. The SMILES string of the molecule is Cc1ccc(C2CC(=O)C(=CNCCN3CCN(S(=O)(=O)c4ccc(C)cc4)CC3)C(=O)C2)cc1. The molecule has 1 aliphatic heterocycles. The maximum absolute atomic E-state index is 12.9. The van der Waals surface area contributed by atoms with Crippen LogP contribution in [0.1, 0.15) is 35.4 Å². The number of nitrogens with zero attached hydrogens (tertiary/aromatic N) is 2. The highest BCUT2D eigenvalue weighted by Crippen LogP contribution is 2.31. The van der Waals surface area contributed by atoms with Crippen LogP contribution in [-0.2, 0) is 19.6 Å². The average molecular weight is 496 g/mol. The number of nitrogens with one attached hydrogen (secondary N) is 1. The van der Waals surface area contributed by atoms with Gasteiger partial charge in [0.1, 0.15) is 0 Å². The van der Waals surface area contributed by atoms with E-state index in [1.807, 2.05) is 50.2 Å². The van der Waals surface area contributed by atoms with Gasteiger partial charge in [0, 0.05) is 58.3 Å². The van der Waals surface area contributed by atoms with Crippen LogP contribution in [0.4, 0.5) is 0 Å². The van der Waals surface area contributed by atoms with Gasteiger partial charge >= 0.3 is 0 Å². The molecule has 186 valence electrons. The number of rotatable bonds is 7. The van der Waals surface area contributed by atoms with E-state index in [0.29, 0.717) is 57.0 Å². The van der Waals surface area contributed by atoms with Gasteiger partial charge in [-0.1, -0.05) is 47.5 Å². The molecule has 2 aliphatic rings. The lowest BCUT2D eigenvalue weighted by atomic mass is 9.80. The van der Waals surface area contributed by atoms with Crippen molar-refractivity contribution in [2.45, 2.75) is 37.5 Å². The van der Waals surface area contributed by atoms with Gasteiger partial charge in [0.05, 0.1) is 10.5 Å². The van der Waals surface area contributed by atoms with Crippen molar-refractivity contribution in [1.82, 2.24) is 14.5 Å². The first kappa shape index (κ1) is 25.3. The third-order valence-electron chi connectivity index (χ3n) is 6.82. The largest absolute Gasteiger partial charge is 0.389 e. The summed E-state index contributed by atoms with van der Waals surface area (Å²) >= 11 is 0. The van der Waals surface area contributed by atoms with Crippen LogP contribution in [0.2, 0.25) is 0 Å². The van der Waals surface area contributed by atoms with Gasteiger partial charge in [-0.2, -0.15) is 4.31 Å². The molecule has 2 fully saturated rings. The monoisotopic (exact) mass is 495 g/mol. The third-order valence-corrected chi connectivity index (χ3v) is 8.73. The molecule has 2 aromatic rings. The van der Waals surface area contributed by atoms with Gasteiger partial charge in [0.2, 0.25) is 10.0 Å². The summed E-state index contributed by atoms with van der Waals surface area (Å²) in [6.07, 6.45) is 2.26. The van der Waals surface area contributed by atoms with Crippen LogP contribution in [0.3, 0.4) is 0 Å². The maximum Gasteiger partial charge on any atom is 0.243 e. The van der Waals surface area contributed by atoms with Crippen LogP contribution >= 0.6 is 0 Å². The third kappa shape index (κ3) is 6.07. The van der Waals surface area contributed by atoms with Gasteiger partial charge < -0.3 is 5.32 Å². The molecule has 0 radical (unpaired) electrons. The molecule has 1 saturated carbocycles. The zero-order valence-electron chi connectivity index (χ0n) is 20.4. The molecule has 1 saturated heterocycles. The van der Waals surface area contributed by atoms with E-state index in [9.17, 15) is 18.0 Å². The fraction of sp³-hybridized carbons (Fsp3) is 0.407. The summed E-state index contributed by atoms with van der Waals surface area (Å²) in [6.45, 7) is 7.39. The second-order valence-electron chi connectivity index (χ2n) is 9.43. The van der Waals surface area contributed by atoms with E-state index in [-0.39, 0.29) is 23.1 Å². The number of aryl methyl sites for hydroxylation is 2. The minimum Gasteiger partial charge on any atom is -0.389 e. The van der Waals surface area contributed by atoms with Crippen molar-refractivity contribution in [3.05, 3.63) is 77.0 Å². The molecule has 0 bridgehead atoms. The highest BCUT2D eigenvalue weighted by atomic mass is 32.2. The van der Waals surface area contributed by atoms with Gasteiger partial charge in [-0.15, -0.1) is 0 Å². The van der Waals surface area contributed by atoms with E-state index >= 15 is 0 Å². The molecule has 1 N–H and O–H groups in total. The van der Waals surface area contributed by atoms with Gasteiger partial charge in [-0.3, -0.25) is 14.5 Å². The first-order valence-corrected chi connectivity index (χ1v) is 13.5. The Morgan fingerprint density at radius 3 is 1.97 bits per heavy atom. The molecular formula is C27H33N3O4S. The second kappa shape index (κ2) is 10.8. The van der Waals surface area contributed by atoms with Crippen molar-refractivity contribution < 1.29 is 18.0 Å². The van der Waals surface area contributed by atoms with E-state index in [0.717, 1.165) is 16.7 Å². The molecule has 0 atom stereocenters. The van der Waals surface area contributed by atoms with Crippen LogP contribution in [-0.4, -0.2) is 68.5 Å². The summed E-state index contributed by atoms with van der Waals surface area (Å²) in [5, 5.41) is 3.12. The van der Waals surface area contributed by atoms with Crippen molar-refractivity contribution in [1.29, 1.82) is 0 Å². The van der Waals surface area contributed by atoms with E-state index in [2.05, 4.69) is 10.2 Å². The summed E-state index contributed by atoms with van der Waals surface area (Å²) < 4.78 is 27.2. The van der Waals surface area contributed by atoms with Crippen LogP contribution in [0, 0.1) is 13.8 Å². The van der Waals surface area contributed by atoms with Crippen molar-refractivity contribution >= 4 is 21.6 Å². The molecule has 0 amide bonds. The molecule has 0 spiro atoms. The Kier molecular flexibility index (Phi) is 7.84. The van der Waals surface area contributed by atoms with E-state index in [1.54, 1.807) is 18.3 Å². The van der Waals surface area contributed by atoms with E-state index in [4.69, 9.17) is 0 Å². The maximum atomic E-state index is 12.9. The lowest BCUT2D eigenvalue weighted by Gasteiger charge is -2.34. The van der Waals surface area contributed by atoms with Crippen molar-refractivity contribution in [3.63, 3.8) is 0 Å². The van der Waals surface area contributed by atoms with Crippen molar-refractivity contribution in [2.24, 2.45) is 0 Å². The minimum absolute atomic E-state index is 0.0553. The molecule has 4 rings (SSSR count). The number of ketones is 2. The van der Waals surface area contributed by atoms with Gasteiger partial charge in [0.25, 0.3) is 0 Å². The lowest BCUT2D eigenvalue weighted by Crippen LogP contribution is -2.49. The molecule has 35 heavy (non-hydrogen) atoms. The number of benzene rings is 2. The van der Waals surface area contributed by atoms with E-state index < -0.39 is 10.0 Å². The Hall–Kier alpha value is -2.81. The number of carbonyl (C=O) groups excluding carboxylic acids is 2. The van der Waals surface area contributed by atoms with Crippen molar-refractivity contribution in [3.8, 4) is 0 Å². The number of piperazine rings is 1. The van der Waals surface area contributed by atoms with E-state index in [1.165, 1.54) is 4.31 Å². The molecule has 2 aromatic carbocycles. The Morgan fingerprint density at radius 1 is 0.857 bits per heavy atom. The summed E-state index contributed by atoms with van der Waals surface area (Å²) in [4.78, 5) is 27.7. The Bertz CT molecular complexity index is 1180. The number of sulfonamides is 1. The summed E-state index contributed by atoms with van der Waals surface area (Å²) in [5.74, 6) is -0.288. The first-order valence-electron chi connectivity index (χ1n) is 12.1. The van der Waals surface area contributed by atoms with Crippen molar-refractivity contribution in [2.75, 3.05) is 39.3 Å². The number of hydrogen-bond donors (Lipinski definition) is 1. The number of hydrogen-bond acceptors (Lipinski definition) is 6. The minimum atomic E-state index is -3.47. The lowest BCUT2D eigenvalue weighted by molar-refractivity contribution is -0.124. The number of Topliss-reactive ketones (excluding diaryl/α,β-unsaturated/α-hetero) is 2. The Balaban J connectivity index is 1.23. The standard InChI is InChI=1S/C27H33N3O4S/c1-20-3-7-22(8-4-20)23-17-26(31)25(27(32)18-23)19-28-11-12-29-13-15-30(16-14-29)35(33,34)24-9-5-21(2)6-10-24/h3-10,19,23,28H,11-18H2,1-2H3. The molecule has 1 aliphatic carbocycles. The van der Waals surface area contributed by atoms with Gasteiger partial charge in [-0.05, 0) is 37.5 Å². The Labute approximate surface area is 207 Å². The summed E-state index contributed by atoms with van der Waals surface area (Å²) in [6, 6.07) is 15.0. The topological polar surface area (TPSA) is 86.8 Å². The first-order chi connectivity index (χ1) is 16.7. The second-order valence-corrected chi connectivity index (χ2v) is 11.4. The zero-order chi connectivity index (χ0) is 25.0. The highest BCUT2D eigenvalue weighted by molar-refractivity contribution is 7.89. The summed E-state index contributed by atoms with van der Waals surface area (Å²) in [5.41, 5.74) is 3.47. The zero-order valence-corrected chi connectivity index (χ0v) is 21.2. The molecule has 7 nitrogen and oxygen atoms in total. The molecule has 1 heterocycles. The van der Waals surface area contributed by atoms with Crippen LogP contribution < -0.4 is 5.32 Å². The van der Waals surface area contributed by atoms with Gasteiger partial charge in [0.15, 0.2) is 11.6 Å². The molecule has 0 unspecified atom stereocenters. The predicted molar refractivity (Wildman–Crippen MR) is 136 cm³/mol.